The predicted octanol–water partition coefficient (Wildman–Crippen LogP) is 4.90. The maximum absolute atomic E-state index is 6.20. The molecule has 0 bridgehead atoms. The number of rotatable bonds is 2. The average Bonchev–Trinajstić information content (AvgIpc) is 2.60. The van der Waals surface area contributed by atoms with E-state index in [2.05, 4.69) is 12.2 Å². The van der Waals surface area contributed by atoms with E-state index in [-0.39, 0.29) is 0 Å². The van der Waals surface area contributed by atoms with Gasteiger partial charge < -0.3 is 5.32 Å². The second-order valence-corrected chi connectivity index (χ2v) is 5.66. The molecule has 0 aromatic heterocycles. The SMILES string of the molecule is Cc1cc(Cl)c(NC2CCC(C)C2)cc1Cl. The van der Waals surface area contributed by atoms with Crippen LogP contribution < -0.4 is 5.32 Å². The Morgan fingerprint density at radius 2 is 1.94 bits per heavy atom. The van der Waals surface area contributed by atoms with Crippen LogP contribution in [0.1, 0.15) is 31.7 Å². The zero-order valence-electron chi connectivity index (χ0n) is 9.69. The topological polar surface area (TPSA) is 12.0 Å². The minimum atomic E-state index is 0.547. The monoisotopic (exact) mass is 257 g/mol. The van der Waals surface area contributed by atoms with Crippen molar-refractivity contribution < 1.29 is 0 Å². The Hall–Kier alpha value is -0.400. The molecule has 0 radical (unpaired) electrons. The summed E-state index contributed by atoms with van der Waals surface area (Å²) in [5.41, 5.74) is 1.99. The molecule has 88 valence electrons. The molecule has 1 nitrogen and oxygen atoms in total. The van der Waals surface area contributed by atoms with Gasteiger partial charge in [0, 0.05) is 11.1 Å². The fourth-order valence-corrected chi connectivity index (χ4v) is 2.75. The van der Waals surface area contributed by atoms with Crippen molar-refractivity contribution in [2.24, 2.45) is 5.92 Å². The van der Waals surface area contributed by atoms with E-state index >= 15 is 0 Å². The van der Waals surface area contributed by atoms with Crippen molar-refractivity contribution in [3.05, 3.63) is 27.7 Å². The van der Waals surface area contributed by atoms with Crippen LogP contribution >= 0.6 is 23.2 Å². The third-order valence-electron chi connectivity index (χ3n) is 3.30. The molecule has 1 fully saturated rings. The fraction of sp³-hybridized carbons (Fsp3) is 0.538. The summed E-state index contributed by atoms with van der Waals surface area (Å²) in [6.45, 7) is 4.26. The maximum Gasteiger partial charge on any atom is 0.0641 e. The molecular formula is C13H17Cl2N. The Balaban J connectivity index is 2.12. The number of halogens is 2. The van der Waals surface area contributed by atoms with E-state index in [4.69, 9.17) is 23.2 Å². The molecule has 2 unspecified atom stereocenters. The second kappa shape index (κ2) is 4.85. The fourth-order valence-electron chi connectivity index (χ4n) is 2.32. The minimum absolute atomic E-state index is 0.547. The zero-order chi connectivity index (χ0) is 11.7. The van der Waals surface area contributed by atoms with Crippen molar-refractivity contribution >= 4 is 28.9 Å². The van der Waals surface area contributed by atoms with E-state index < -0.39 is 0 Å². The number of benzene rings is 1. The van der Waals surface area contributed by atoms with E-state index in [1.165, 1.54) is 19.3 Å². The van der Waals surface area contributed by atoms with Crippen LogP contribution in [-0.4, -0.2) is 6.04 Å². The molecule has 1 aromatic carbocycles. The first-order valence-electron chi connectivity index (χ1n) is 5.78. The number of aryl methyl sites for hydroxylation is 1. The van der Waals surface area contributed by atoms with Gasteiger partial charge in [-0.2, -0.15) is 0 Å². The van der Waals surface area contributed by atoms with Crippen LogP contribution in [0.25, 0.3) is 0 Å². The van der Waals surface area contributed by atoms with Crippen LogP contribution in [0.15, 0.2) is 12.1 Å². The lowest BCUT2D eigenvalue weighted by Crippen LogP contribution is -2.15. The van der Waals surface area contributed by atoms with E-state index in [1.54, 1.807) is 0 Å². The Bertz CT molecular complexity index is 390. The van der Waals surface area contributed by atoms with E-state index in [9.17, 15) is 0 Å². The van der Waals surface area contributed by atoms with Gasteiger partial charge in [0.2, 0.25) is 0 Å². The molecule has 0 saturated heterocycles. The van der Waals surface area contributed by atoms with Crippen molar-refractivity contribution in [1.82, 2.24) is 0 Å². The molecule has 0 heterocycles. The normalized spacial score (nSPS) is 24.8. The first-order valence-corrected chi connectivity index (χ1v) is 6.54. The van der Waals surface area contributed by atoms with Crippen molar-refractivity contribution in [2.45, 2.75) is 39.2 Å². The van der Waals surface area contributed by atoms with E-state index in [1.807, 2.05) is 19.1 Å². The van der Waals surface area contributed by atoms with Crippen molar-refractivity contribution in [2.75, 3.05) is 5.32 Å². The highest BCUT2D eigenvalue weighted by Gasteiger charge is 2.21. The summed E-state index contributed by atoms with van der Waals surface area (Å²) >= 11 is 12.3. The minimum Gasteiger partial charge on any atom is -0.381 e. The van der Waals surface area contributed by atoms with Gasteiger partial charge in [-0.3, -0.25) is 0 Å². The smallest absolute Gasteiger partial charge is 0.0641 e. The summed E-state index contributed by atoms with van der Waals surface area (Å²) in [6, 6.07) is 4.40. The van der Waals surface area contributed by atoms with Crippen LogP contribution in [0, 0.1) is 12.8 Å². The molecular weight excluding hydrogens is 241 g/mol. The highest BCUT2D eigenvalue weighted by atomic mass is 35.5. The number of hydrogen-bond donors (Lipinski definition) is 1. The third kappa shape index (κ3) is 2.64. The molecule has 1 aliphatic rings. The predicted molar refractivity (Wildman–Crippen MR) is 71.6 cm³/mol. The molecule has 0 amide bonds. The van der Waals surface area contributed by atoms with Crippen LogP contribution in [0.2, 0.25) is 10.0 Å². The standard InChI is InChI=1S/C13H17Cl2N/c1-8-3-4-10(5-8)16-13-7-11(14)9(2)6-12(13)15/h6-8,10,16H,3-5H2,1-2H3. The quantitative estimate of drug-likeness (QED) is 0.795. The first-order chi connectivity index (χ1) is 7.56. The van der Waals surface area contributed by atoms with Gasteiger partial charge in [-0.15, -0.1) is 0 Å². The van der Waals surface area contributed by atoms with Gasteiger partial charge in [-0.25, -0.2) is 0 Å². The number of anilines is 1. The van der Waals surface area contributed by atoms with Crippen molar-refractivity contribution in [3.8, 4) is 0 Å². The summed E-state index contributed by atoms with van der Waals surface area (Å²) < 4.78 is 0. The van der Waals surface area contributed by atoms with Crippen molar-refractivity contribution in [3.63, 3.8) is 0 Å². The molecule has 1 aliphatic carbocycles. The second-order valence-electron chi connectivity index (χ2n) is 4.84. The van der Waals surface area contributed by atoms with Crippen LogP contribution in [-0.2, 0) is 0 Å². The first kappa shape index (κ1) is 12.1. The molecule has 1 saturated carbocycles. The summed E-state index contributed by atoms with van der Waals surface area (Å²) in [5, 5.41) is 5.03. The van der Waals surface area contributed by atoms with Gasteiger partial charge in [-0.05, 0) is 49.8 Å². The summed E-state index contributed by atoms with van der Waals surface area (Å²) in [7, 11) is 0. The zero-order valence-corrected chi connectivity index (χ0v) is 11.2. The Morgan fingerprint density at radius 1 is 1.19 bits per heavy atom. The number of hydrogen-bond acceptors (Lipinski definition) is 1. The van der Waals surface area contributed by atoms with Crippen LogP contribution in [0.3, 0.4) is 0 Å². The summed E-state index contributed by atoms with van der Waals surface area (Å²) in [4.78, 5) is 0. The van der Waals surface area contributed by atoms with Gasteiger partial charge in [0.05, 0.1) is 10.7 Å². The molecule has 0 spiro atoms. The highest BCUT2D eigenvalue weighted by molar-refractivity contribution is 6.35. The maximum atomic E-state index is 6.20. The lowest BCUT2D eigenvalue weighted by molar-refractivity contribution is 0.602. The molecule has 0 aliphatic heterocycles. The summed E-state index contributed by atoms with van der Waals surface area (Å²) in [5.74, 6) is 0.817. The Morgan fingerprint density at radius 3 is 2.56 bits per heavy atom. The largest absolute Gasteiger partial charge is 0.381 e. The van der Waals surface area contributed by atoms with Crippen LogP contribution in [0.5, 0.6) is 0 Å². The molecule has 2 rings (SSSR count). The lowest BCUT2D eigenvalue weighted by Gasteiger charge is -2.16. The van der Waals surface area contributed by atoms with Crippen LogP contribution in [0.4, 0.5) is 5.69 Å². The molecule has 3 heteroatoms. The molecule has 1 N–H and O–H groups in total. The van der Waals surface area contributed by atoms with Gasteiger partial charge in [0.15, 0.2) is 0 Å². The molecule has 1 aromatic rings. The molecule has 2 atom stereocenters. The van der Waals surface area contributed by atoms with Gasteiger partial charge in [0.1, 0.15) is 0 Å². The Kier molecular flexibility index (Phi) is 3.66. The third-order valence-corrected chi connectivity index (χ3v) is 4.02. The highest BCUT2D eigenvalue weighted by Crippen LogP contribution is 2.33. The average molecular weight is 258 g/mol. The van der Waals surface area contributed by atoms with Gasteiger partial charge in [-0.1, -0.05) is 30.1 Å². The lowest BCUT2D eigenvalue weighted by atomic mass is 10.1. The van der Waals surface area contributed by atoms with Gasteiger partial charge in [0.25, 0.3) is 0 Å². The van der Waals surface area contributed by atoms with E-state index in [0.29, 0.717) is 6.04 Å². The van der Waals surface area contributed by atoms with Crippen molar-refractivity contribution in [1.29, 1.82) is 0 Å². The Labute approximate surface area is 107 Å². The summed E-state index contributed by atoms with van der Waals surface area (Å²) in [6.07, 6.45) is 3.75. The number of nitrogens with one attached hydrogen (secondary N) is 1. The molecule has 16 heavy (non-hydrogen) atoms. The van der Waals surface area contributed by atoms with E-state index in [0.717, 1.165) is 27.2 Å². The van der Waals surface area contributed by atoms with Gasteiger partial charge >= 0.3 is 0 Å².